The van der Waals surface area contributed by atoms with Crippen LogP contribution in [0.5, 0.6) is 0 Å². The summed E-state index contributed by atoms with van der Waals surface area (Å²) < 4.78 is 10.6. The number of nitrogens with zero attached hydrogens (tertiary/aromatic N) is 1. The summed E-state index contributed by atoms with van der Waals surface area (Å²) >= 11 is 0. The molecule has 134 valence electrons. The summed E-state index contributed by atoms with van der Waals surface area (Å²) in [5.74, 6) is -0.182. The van der Waals surface area contributed by atoms with Crippen molar-refractivity contribution < 1.29 is 19.1 Å². The van der Waals surface area contributed by atoms with E-state index in [4.69, 9.17) is 9.47 Å². The highest BCUT2D eigenvalue weighted by molar-refractivity contribution is 5.75. The number of esters is 1. The van der Waals surface area contributed by atoms with Gasteiger partial charge in [-0.05, 0) is 60.9 Å². The van der Waals surface area contributed by atoms with E-state index in [1.54, 1.807) is 0 Å². The third-order valence-corrected chi connectivity index (χ3v) is 3.48. The molecule has 1 aliphatic heterocycles. The Labute approximate surface area is 139 Å². The molecular formula is C17H32N2O4. The van der Waals surface area contributed by atoms with Crippen molar-refractivity contribution in [1.82, 2.24) is 10.2 Å². The number of nitrogens with one attached hydrogen (secondary N) is 1. The van der Waals surface area contributed by atoms with E-state index in [2.05, 4.69) is 10.2 Å². The van der Waals surface area contributed by atoms with Gasteiger partial charge in [0, 0.05) is 19.1 Å². The third-order valence-electron chi connectivity index (χ3n) is 3.48. The Morgan fingerprint density at radius 2 is 1.83 bits per heavy atom. The van der Waals surface area contributed by atoms with Gasteiger partial charge in [0.05, 0.1) is 5.41 Å². The Hall–Kier alpha value is -1.30. The zero-order valence-electron chi connectivity index (χ0n) is 15.4. The van der Waals surface area contributed by atoms with Gasteiger partial charge in [-0.3, -0.25) is 9.69 Å². The second-order valence-corrected chi connectivity index (χ2v) is 8.17. The number of alkyl carbamates (subject to hydrolysis) is 1. The summed E-state index contributed by atoms with van der Waals surface area (Å²) in [6.07, 6.45) is 1.58. The minimum Gasteiger partial charge on any atom is -0.464 e. The van der Waals surface area contributed by atoms with Crippen LogP contribution in [0.4, 0.5) is 4.79 Å². The predicted octanol–water partition coefficient (Wildman–Crippen LogP) is 2.56. The van der Waals surface area contributed by atoms with Crippen molar-refractivity contribution in [2.24, 2.45) is 5.41 Å². The number of amides is 1. The maximum absolute atomic E-state index is 11.8. The SMILES string of the molecule is CC(C)(C)OC(=O)N[C@H]1CCCN(CCOC(=O)C(C)(C)C)C1. The van der Waals surface area contributed by atoms with Crippen LogP contribution in [-0.2, 0) is 14.3 Å². The van der Waals surface area contributed by atoms with E-state index in [1.807, 2.05) is 41.5 Å². The van der Waals surface area contributed by atoms with Crippen LogP contribution in [0.3, 0.4) is 0 Å². The maximum Gasteiger partial charge on any atom is 0.407 e. The predicted molar refractivity (Wildman–Crippen MR) is 89.2 cm³/mol. The summed E-state index contributed by atoms with van der Waals surface area (Å²) in [5, 5.41) is 2.92. The summed E-state index contributed by atoms with van der Waals surface area (Å²) in [6, 6.07) is 0.0805. The fourth-order valence-corrected chi connectivity index (χ4v) is 2.33. The zero-order chi connectivity index (χ0) is 17.7. The molecule has 0 aromatic heterocycles. The highest BCUT2D eigenvalue weighted by atomic mass is 16.6. The molecule has 6 nitrogen and oxygen atoms in total. The highest BCUT2D eigenvalue weighted by Gasteiger charge is 2.25. The monoisotopic (exact) mass is 328 g/mol. The van der Waals surface area contributed by atoms with Gasteiger partial charge in [0.1, 0.15) is 12.2 Å². The fraction of sp³-hybridized carbons (Fsp3) is 0.882. The van der Waals surface area contributed by atoms with Crippen molar-refractivity contribution >= 4 is 12.1 Å². The van der Waals surface area contributed by atoms with Gasteiger partial charge < -0.3 is 14.8 Å². The van der Waals surface area contributed by atoms with Crippen LogP contribution in [0.1, 0.15) is 54.4 Å². The molecule has 23 heavy (non-hydrogen) atoms. The topological polar surface area (TPSA) is 67.9 Å². The smallest absolute Gasteiger partial charge is 0.407 e. The molecule has 0 aliphatic carbocycles. The average Bonchev–Trinajstić information content (AvgIpc) is 2.35. The van der Waals surface area contributed by atoms with E-state index < -0.39 is 11.0 Å². The van der Waals surface area contributed by atoms with Crippen LogP contribution < -0.4 is 5.32 Å². The largest absolute Gasteiger partial charge is 0.464 e. The quantitative estimate of drug-likeness (QED) is 0.803. The van der Waals surface area contributed by atoms with E-state index in [9.17, 15) is 9.59 Å². The lowest BCUT2D eigenvalue weighted by atomic mass is 9.97. The first-order chi connectivity index (χ1) is 10.5. The van der Waals surface area contributed by atoms with Crippen molar-refractivity contribution in [2.45, 2.75) is 66.0 Å². The number of hydrogen-bond donors (Lipinski definition) is 1. The van der Waals surface area contributed by atoms with Gasteiger partial charge in [-0.25, -0.2) is 4.79 Å². The van der Waals surface area contributed by atoms with Crippen LogP contribution in [0, 0.1) is 5.41 Å². The lowest BCUT2D eigenvalue weighted by Gasteiger charge is -2.33. The lowest BCUT2D eigenvalue weighted by molar-refractivity contribution is -0.153. The number of likely N-dealkylation sites (tertiary alicyclic amines) is 1. The third kappa shape index (κ3) is 8.21. The van der Waals surface area contributed by atoms with Crippen LogP contribution in [0.15, 0.2) is 0 Å². The minimum absolute atomic E-state index is 0.0805. The van der Waals surface area contributed by atoms with Gasteiger partial charge in [0.25, 0.3) is 0 Å². The highest BCUT2D eigenvalue weighted by Crippen LogP contribution is 2.16. The maximum atomic E-state index is 11.8. The number of hydrogen-bond acceptors (Lipinski definition) is 5. The standard InChI is InChI=1S/C17H32N2O4/c1-16(2,3)14(20)22-11-10-19-9-7-8-13(12-19)18-15(21)23-17(4,5)6/h13H,7-12H2,1-6H3,(H,18,21)/t13-/m0/s1. The second kappa shape index (κ2) is 7.99. The molecule has 1 atom stereocenters. The van der Waals surface area contributed by atoms with Crippen molar-refractivity contribution in [2.75, 3.05) is 26.2 Å². The molecule has 0 unspecified atom stereocenters. The molecule has 6 heteroatoms. The van der Waals surface area contributed by atoms with Gasteiger partial charge in [-0.1, -0.05) is 0 Å². The zero-order valence-corrected chi connectivity index (χ0v) is 15.4. The van der Waals surface area contributed by atoms with Crippen molar-refractivity contribution in [1.29, 1.82) is 0 Å². The summed E-state index contributed by atoms with van der Waals surface area (Å²) in [4.78, 5) is 25.8. The summed E-state index contributed by atoms with van der Waals surface area (Å²) in [7, 11) is 0. The van der Waals surface area contributed by atoms with Gasteiger partial charge in [-0.15, -0.1) is 0 Å². The Bertz CT molecular complexity index is 410. The van der Waals surface area contributed by atoms with E-state index in [0.717, 1.165) is 25.9 Å². The molecule has 1 amide bonds. The Kier molecular flexibility index (Phi) is 6.86. The molecule has 0 spiro atoms. The van der Waals surface area contributed by atoms with Gasteiger partial charge in [-0.2, -0.15) is 0 Å². The van der Waals surface area contributed by atoms with Crippen LogP contribution >= 0.6 is 0 Å². The van der Waals surface area contributed by atoms with Crippen LogP contribution in [0.25, 0.3) is 0 Å². The number of carbonyl (C=O) groups excluding carboxylic acids is 2. The molecule has 1 fully saturated rings. The first-order valence-electron chi connectivity index (χ1n) is 8.36. The number of rotatable bonds is 4. The molecule has 0 aromatic rings. The molecule has 0 radical (unpaired) electrons. The van der Waals surface area contributed by atoms with Crippen LogP contribution in [0.2, 0.25) is 0 Å². The fourth-order valence-electron chi connectivity index (χ4n) is 2.33. The van der Waals surface area contributed by atoms with E-state index >= 15 is 0 Å². The lowest BCUT2D eigenvalue weighted by Crippen LogP contribution is -2.49. The summed E-state index contributed by atoms with van der Waals surface area (Å²) in [5.41, 5.74) is -0.956. The van der Waals surface area contributed by atoms with Gasteiger partial charge in [0.2, 0.25) is 0 Å². The van der Waals surface area contributed by atoms with Crippen LogP contribution in [-0.4, -0.2) is 54.8 Å². The molecule has 0 bridgehead atoms. The molecule has 1 heterocycles. The molecule has 1 rings (SSSR count). The molecule has 1 aliphatic rings. The Morgan fingerprint density at radius 1 is 1.17 bits per heavy atom. The van der Waals surface area contributed by atoms with E-state index in [1.165, 1.54) is 0 Å². The number of ether oxygens (including phenoxy) is 2. The number of carbonyl (C=O) groups is 2. The minimum atomic E-state index is -0.487. The molecule has 0 aromatic carbocycles. The van der Waals surface area contributed by atoms with E-state index in [-0.39, 0.29) is 18.1 Å². The average molecular weight is 328 g/mol. The second-order valence-electron chi connectivity index (χ2n) is 8.17. The van der Waals surface area contributed by atoms with E-state index in [0.29, 0.717) is 13.2 Å². The van der Waals surface area contributed by atoms with Gasteiger partial charge >= 0.3 is 12.1 Å². The van der Waals surface area contributed by atoms with Crippen molar-refractivity contribution in [3.8, 4) is 0 Å². The Morgan fingerprint density at radius 3 is 2.39 bits per heavy atom. The molecule has 0 saturated carbocycles. The van der Waals surface area contributed by atoms with Crippen molar-refractivity contribution in [3.63, 3.8) is 0 Å². The molecule has 1 N–H and O–H groups in total. The van der Waals surface area contributed by atoms with Gasteiger partial charge in [0.15, 0.2) is 0 Å². The van der Waals surface area contributed by atoms with Crippen molar-refractivity contribution in [3.05, 3.63) is 0 Å². The summed E-state index contributed by atoms with van der Waals surface area (Å²) in [6.45, 7) is 13.9. The molecular weight excluding hydrogens is 296 g/mol. The molecule has 1 saturated heterocycles. The first-order valence-corrected chi connectivity index (χ1v) is 8.36. The number of piperidine rings is 1. The first kappa shape index (κ1) is 19.7. The Balaban J connectivity index is 2.32. The normalized spacial score (nSPS) is 20.0.